The van der Waals surface area contributed by atoms with Gasteiger partial charge in [-0.15, -0.1) is 0 Å². The van der Waals surface area contributed by atoms with Crippen LogP contribution in [0.1, 0.15) is 5.56 Å². The van der Waals surface area contributed by atoms with Crippen LogP contribution in [0, 0.1) is 5.92 Å². The number of carbonyl (C=O) groups excluding carboxylic acids is 2. The summed E-state index contributed by atoms with van der Waals surface area (Å²) >= 11 is 12.7. The minimum absolute atomic E-state index is 0.0523. The van der Waals surface area contributed by atoms with E-state index in [1.54, 1.807) is 12.1 Å². The zero-order chi connectivity index (χ0) is 21.5. The molecule has 5 nitrogen and oxygen atoms in total. The van der Waals surface area contributed by atoms with Crippen molar-refractivity contribution in [3.8, 4) is 11.1 Å². The second-order valence-corrected chi connectivity index (χ2v) is 7.37. The molecule has 0 saturated carbocycles. The highest BCUT2D eigenvalue weighted by atomic mass is 35.5. The third-order valence-corrected chi connectivity index (χ3v) is 5.05. The van der Waals surface area contributed by atoms with E-state index in [0.717, 1.165) is 16.7 Å². The van der Waals surface area contributed by atoms with Crippen molar-refractivity contribution in [1.82, 2.24) is 0 Å². The number of nitrogens with one attached hydrogen (secondary N) is 1. The van der Waals surface area contributed by atoms with E-state index in [9.17, 15) is 9.59 Å². The van der Waals surface area contributed by atoms with Crippen LogP contribution in [-0.2, 0) is 20.9 Å². The first-order valence-corrected chi connectivity index (χ1v) is 10.0. The highest BCUT2D eigenvalue weighted by Crippen LogP contribution is 2.36. The summed E-state index contributed by atoms with van der Waals surface area (Å²) in [6.07, 6.45) is 0. The summed E-state index contributed by atoms with van der Waals surface area (Å²) in [5.41, 5.74) is 8.42. The molecule has 0 heterocycles. The van der Waals surface area contributed by atoms with Crippen LogP contribution in [0.2, 0.25) is 10.0 Å². The summed E-state index contributed by atoms with van der Waals surface area (Å²) in [6.45, 7) is -0.159. The molecule has 0 bridgehead atoms. The van der Waals surface area contributed by atoms with Gasteiger partial charge >= 0.3 is 5.97 Å². The molecule has 0 radical (unpaired) electrons. The molecule has 0 fully saturated rings. The maximum absolute atomic E-state index is 12.6. The first-order chi connectivity index (χ1) is 14.5. The number of halogens is 2. The summed E-state index contributed by atoms with van der Waals surface area (Å²) in [5.74, 6) is -2.53. The van der Waals surface area contributed by atoms with Gasteiger partial charge in [0.2, 0.25) is 5.91 Å². The van der Waals surface area contributed by atoms with Gasteiger partial charge in [-0.25, -0.2) is 0 Å². The predicted octanol–water partition coefficient (Wildman–Crippen LogP) is 4.92. The van der Waals surface area contributed by atoms with Crippen LogP contribution < -0.4 is 11.1 Å². The quantitative estimate of drug-likeness (QED) is 0.401. The largest absolute Gasteiger partial charge is 0.460 e. The second kappa shape index (κ2) is 10.3. The van der Waals surface area contributed by atoms with Crippen molar-refractivity contribution in [2.24, 2.45) is 11.7 Å². The average molecular weight is 443 g/mol. The molecule has 154 valence electrons. The lowest BCUT2D eigenvalue weighted by Crippen LogP contribution is -2.36. The van der Waals surface area contributed by atoms with Crippen molar-refractivity contribution >= 4 is 40.8 Å². The molecule has 0 unspecified atom stereocenters. The fourth-order valence-electron chi connectivity index (χ4n) is 2.84. The van der Waals surface area contributed by atoms with Crippen LogP contribution in [0.15, 0.2) is 72.8 Å². The van der Waals surface area contributed by atoms with Crippen LogP contribution in [0.3, 0.4) is 0 Å². The molecule has 3 aromatic carbocycles. The number of anilines is 1. The lowest BCUT2D eigenvalue weighted by Gasteiger charge is -2.16. The maximum atomic E-state index is 12.6. The molecule has 3 aromatic rings. The summed E-state index contributed by atoms with van der Waals surface area (Å²) < 4.78 is 5.23. The number of ether oxygens (including phenoxy) is 1. The Morgan fingerprint density at radius 3 is 2.03 bits per heavy atom. The Morgan fingerprint density at radius 1 is 0.900 bits per heavy atom. The monoisotopic (exact) mass is 442 g/mol. The van der Waals surface area contributed by atoms with Gasteiger partial charge < -0.3 is 15.8 Å². The van der Waals surface area contributed by atoms with E-state index in [1.165, 1.54) is 0 Å². The van der Waals surface area contributed by atoms with Gasteiger partial charge in [-0.3, -0.25) is 9.59 Å². The zero-order valence-corrected chi connectivity index (χ0v) is 17.5. The smallest absolute Gasteiger partial charge is 0.320 e. The number of nitrogens with two attached hydrogens (primary N) is 1. The van der Waals surface area contributed by atoms with Crippen LogP contribution in [0.25, 0.3) is 11.1 Å². The molecular weight excluding hydrogens is 423 g/mol. The predicted molar refractivity (Wildman–Crippen MR) is 119 cm³/mol. The van der Waals surface area contributed by atoms with Crippen LogP contribution >= 0.6 is 23.2 Å². The topological polar surface area (TPSA) is 81.4 Å². The van der Waals surface area contributed by atoms with Gasteiger partial charge in [0, 0.05) is 6.54 Å². The van der Waals surface area contributed by atoms with Gasteiger partial charge in [-0.2, -0.15) is 0 Å². The van der Waals surface area contributed by atoms with E-state index >= 15 is 0 Å². The van der Waals surface area contributed by atoms with Gasteiger partial charge in [-0.05, 0) is 28.8 Å². The summed E-state index contributed by atoms with van der Waals surface area (Å²) in [6, 6.07) is 22.1. The highest BCUT2D eigenvalue weighted by Gasteiger charge is 2.28. The molecular formula is C23H20Cl2N2O3. The molecule has 0 aromatic heterocycles. The van der Waals surface area contributed by atoms with E-state index in [4.69, 9.17) is 33.7 Å². The molecule has 0 aliphatic rings. The van der Waals surface area contributed by atoms with Crippen molar-refractivity contribution < 1.29 is 14.3 Å². The minimum atomic E-state index is -1.19. The van der Waals surface area contributed by atoms with E-state index < -0.39 is 17.8 Å². The molecule has 0 aliphatic carbocycles. The van der Waals surface area contributed by atoms with Gasteiger partial charge in [0.25, 0.3) is 0 Å². The van der Waals surface area contributed by atoms with E-state index in [-0.39, 0.29) is 28.9 Å². The van der Waals surface area contributed by atoms with Gasteiger partial charge in [-0.1, -0.05) is 83.9 Å². The van der Waals surface area contributed by atoms with Crippen molar-refractivity contribution in [3.05, 3.63) is 88.4 Å². The van der Waals surface area contributed by atoms with Crippen molar-refractivity contribution in [2.75, 3.05) is 11.9 Å². The van der Waals surface area contributed by atoms with Gasteiger partial charge in [0.15, 0.2) is 0 Å². The average Bonchev–Trinajstić information content (AvgIpc) is 2.76. The minimum Gasteiger partial charge on any atom is -0.460 e. The van der Waals surface area contributed by atoms with E-state index in [0.29, 0.717) is 0 Å². The Bertz CT molecular complexity index is 1000. The number of esters is 1. The number of benzene rings is 3. The second-order valence-electron chi connectivity index (χ2n) is 6.55. The molecule has 1 atom stereocenters. The molecule has 0 aliphatic heterocycles. The van der Waals surface area contributed by atoms with Gasteiger partial charge in [0.1, 0.15) is 12.5 Å². The van der Waals surface area contributed by atoms with Crippen LogP contribution in [0.5, 0.6) is 0 Å². The lowest BCUT2D eigenvalue weighted by atomic mass is 10.0. The summed E-state index contributed by atoms with van der Waals surface area (Å²) in [7, 11) is 0. The Morgan fingerprint density at radius 2 is 1.47 bits per heavy atom. The highest BCUT2D eigenvalue weighted by molar-refractivity contribution is 6.40. The molecule has 7 heteroatoms. The van der Waals surface area contributed by atoms with Crippen molar-refractivity contribution in [3.63, 3.8) is 0 Å². The van der Waals surface area contributed by atoms with Crippen molar-refractivity contribution in [2.45, 2.75) is 6.61 Å². The van der Waals surface area contributed by atoms with E-state index in [2.05, 4.69) is 5.32 Å². The molecule has 0 spiro atoms. The third-order valence-electron chi connectivity index (χ3n) is 4.46. The standard InChI is InChI=1S/C23H20Cl2N2O3/c24-19-11-17(16-9-5-2-6-10-16)12-20(25)21(19)27-22(28)18(13-26)23(29)30-14-15-7-3-1-4-8-15/h1-12,18H,13-14,26H2,(H,27,28)/t18-/m0/s1. The maximum Gasteiger partial charge on any atom is 0.320 e. The summed E-state index contributed by atoms with van der Waals surface area (Å²) in [4.78, 5) is 25.0. The fraction of sp³-hybridized carbons (Fsp3) is 0.130. The molecule has 0 saturated heterocycles. The molecule has 1 amide bonds. The third kappa shape index (κ3) is 5.39. The number of amides is 1. The lowest BCUT2D eigenvalue weighted by molar-refractivity contribution is -0.152. The normalized spacial score (nSPS) is 11.6. The van der Waals surface area contributed by atoms with Gasteiger partial charge in [0.05, 0.1) is 15.7 Å². The zero-order valence-electron chi connectivity index (χ0n) is 16.0. The van der Waals surface area contributed by atoms with Crippen LogP contribution in [0.4, 0.5) is 5.69 Å². The SMILES string of the molecule is NC[C@@H](C(=O)Nc1c(Cl)cc(-c2ccccc2)cc1Cl)C(=O)OCc1ccccc1. The fourth-order valence-corrected chi connectivity index (χ4v) is 3.42. The number of rotatable bonds is 7. The Hall–Kier alpha value is -2.86. The molecule has 30 heavy (non-hydrogen) atoms. The first-order valence-electron chi connectivity index (χ1n) is 9.25. The number of hydrogen-bond donors (Lipinski definition) is 2. The Labute approximate surface area is 184 Å². The van der Waals surface area contributed by atoms with Crippen molar-refractivity contribution in [1.29, 1.82) is 0 Å². The molecule has 3 N–H and O–H groups in total. The number of carbonyl (C=O) groups is 2. The Kier molecular flexibility index (Phi) is 7.46. The molecule has 3 rings (SSSR count). The van der Waals surface area contributed by atoms with Crippen LogP contribution in [-0.4, -0.2) is 18.4 Å². The summed E-state index contributed by atoms with van der Waals surface area (Å²) in [5, 5.41) is 3.11. The number of hydrogen-bond acceptors (Lipinski definition) is 4. The Balaban J connectivity index is 1.71. The first kappa shape index (κ1) is 21.8. The van der Waals surface area contributed by atoms with E-state index in [1.807, 2.05) is 60.7 Å².